The Labute approximate surface area is 93.4 Å². The maximum Gasteiger partial charge on any atom is 0.273 e. The largest absolute Gasteiger partial charge is 0.472 e. The van der Waals surface area contributed by atoms with E-state index in [0.717, 1.165) is 10.6 Å². The number of hydrogen-bond acceptors (Lipinski definition) is 3. The molecule has 0 amide bonds. The summed E-state index contributed by atoms with van der Waals surface area (Å²) in [5, 5.41) is 0.772. The minimum Gasteiger partial charge on any atom is -0.472 e. The molecule has 1 aliphatic rings. The number of nitrogens with zero attached hydrogens (tertiary/aromatic N) is 1. The lowest BCUT2D eigenvalue weighted by atomic mass is 10.1. The number of aliphatic imine (C=N–C) groups is 1. The van der Waals surface area contributed by atoms with Gasteiger partial charge in [-0.15, -0.1) is 0 Å². The van der Waals surface area contributed by atoms with E-state index in [2.05, 4.69) is 24.0 Å². The summed E-state index contributed by atoms with van der Waals surface area (Å²) in [5.74, 6) is 0. The van der Waals surface area contributed by atoms with Gasteiger partial charge in [-0.3, -0.25) is 0 Å². The van der Waals surface area contributed by atoms with Crippen molar-refractivity contribution in [2.75, 3.05) is 6.61 Å². The van der Waals surface area contributed by atoms with Gasteiger partial charge in [-0.2, -0.15) is 12.6 Å². The Morgan fingerprint density at radius 3 is 2.79 bits per heavy atom. The molecule has 0 saturated heterocycles. The van der Waals surface area contributed by atoms with E-state index in [0.29, 0.717) is 6.61 Å². The fourth-order valence-corrected chi connectivity index (χ4v) is 1.76. The molecule has 0 N–H and O–H groups in total. The maximum absolute atomic E-state index is 5.79. The van der Waals surface area contributed by atoms with Gasteiger partial charge in [-0.1, -0.05) is 23.7 Å². The topological polar surface area (TPSA) is 21.6 Å². The average Bonchev–Trinajstić information content (AvgIpc) is 2.71. The molecule has 1 heterocycles. The number of thiol groups is 1. The van der Waals surface area contributed by atoms with E-state index in [1.54, 1.807) is 0 Å². The van der Waals surface area contributed by atoms with Crippen LogP contribution in [0.15, 0.2) is 29.3 Å². The summed E-state index contributed by atoms with van der Waals surface area (Å²) in [6.07, 6.45) is 2.48. The first-order valence-corrected chi connectivity index (χ1v) is 5.17. The Morgan fingerprint density at radius 1 is 1.50 bits per heavy atom. The van der Waals surface area contributed by atoms with Crippen LogP contribution in [0.3, 0.4) is 0 Å². The molecule has 2 atom stereocenters. The molecule has 0 aliphatic carbocycles. The molecular weight excluding hydrogens is 218 g/mol. The number of hydrogen-bond donors (Lipinski definition) is 1. The predicted molar refractivity (Wildman–Crippen MR) is 60.4 cm³/mol. The minimum absolute atomic E-state index is 0.0438. The number of halogens is 1. The van der Waals surface area contributed by atoms with Gasteiger partial charge in [-0.25, -0.2) is 4.99 Å². The van der Waals surface area contributed by atoms with E-state index < -0.39 is 0 Å². The fourth-order valence-electron chi connectivity index (χ4n) is 1.31. The molecule has 14 heavy (non-hydrogen) atoms. The molecule has 1 aromatic rings. The summed E-state index contributed by atoms with van der Waals surface area (Å²) in [5.41, 5.74) is 1.10. The third-order valence-corrected chi connectivity index (χ3v) is 3.01. The van der Waals surface area contributed by atoms with Crippen molar-refractivity contribution in [2.45, 2.75) is 11.3 Å². The van der Waals surface area contributed by atoms with Gasteiger partial charge in [0.1, 0.15) is 12.6 Å². The highest BCUT2D eigenvalue weighted by Crippen LogP contribution is 2.28. The molecule has 0 aromatic heterocycles. The van der Waals surface area contributed by atoms with Crippen LogP contribution in [0.25, 0.3) is 0 Å². The quantitative estimate of drug-likeness (QED) is 0.770. The lowest BCUT2D eigenvalue weighted by Gasteiger charge is -2.14. The molecule has 0 fully saturated rings. The first kappa shape index (κ1) is 9.87. The molecule has 0 bridgehead atoms. The van der Waals surface area contributed by atoms with Gasteiger partial charge in [0, 0.05) is 5.02 Å². The van der Waals surface area contributed by atoms with E-state index in [-0.39, 0.29) is 11.3 Å². The van der Waals surface area contributed by atoms with Crippen LogP contribution in [0, 0.1) is 0 Å². The zero-order valence-electron chi connectivity index (χ0n) is 7.35. The zero-order valence-corrected chi connectivity index (χ0v) is 9.00. The second-order valence-corrected chi connectivity index (χ2v) is 4.09. The smallest absolute Gasteiger partial charge is 0.273 e. The monoisotopic (exact) mass is 226 g/mol. The summed E-state index contributed by atoms with van der Waals surface area (Å²) in [6.45, 7) is 0.552. The van der Waals surface area contributed by atoms with Crippen molar-refractivity contribution in [3.05, 3.63) is 34.9 Å². The Bertz CT molecular complexity index is 338. The van der Waals surface area contributed by atoms with Crippen LogP contribution in [0.4, 0.5) is 0 Å². The maximum atomic E-state index is 5.79. The van der Waals surface area contributed by atoms with E-state index >= 15 is 0 Å². The molecule has 1 radical (unpaired) electrons. The van der Waals surface area contributed by atoms with Crippen molar-refractivity contribution >= 4 is 30.6 Å². The normalized spacial score (nSPS) is 22.0. The highest BCUT2D eigenvalue weighted by Gasteiger charge is 2.22. The fraction of sp³-hybridized carbons (Fsp3) is 0.300. The lowest BCUT2D eigenvalue weighted by molar-refractivity contribution is 0.326. The van der Waals surface area contributed by atoms with Crippen molar-refractivity contribution < 1.29 is 4.74 Å². The van der Waals surface area contributed by atoms with Gasteiger partial charge in [0.15, 0.2) is 0 Å². The van der Waals surface area contributed by atoms with Gasteiger partial charge in [0.2, 0.25) is 0 Å². The van der Waals surface area contributed by atoms with Crippen LogP contribution in [0.5, 0.6) is 0 Å². The second kappa shape index (κ2) is 4.24. The van der Waals surface area contributed by atoms with Crippen molar-refractivity contribution in [3.63, 3.8) is 0 Å². The Balaban J connectivity index is 2.14. The Morgan fingerprint density at radius 2 is 2.21 bits per heavy atom. The molecule has 0 saturated carbocycles. The number of rotatable bonds is 2. The highest BCUT2D eigenvalue weighted by atomic mass is 35.5. The van der Waals surface area contributed by atoms with Gasteiger partial charge in [-0.05, 0) is 17.7 Å². The SMILES string of the molecule is SC(c1ccc(Cl)cc1)C1CO[C]=N1. The molecule has 73 valence electrons. The molecule has 1 aliphatic heterocycles. The van der Waals surface area contributed by atoms with E-state index in [1.165, 1.54) is 0 Å². The van der Waals surface area contributed by atoms with Gasteiger partial charge < -0.3 is 4.74 Å². The first-order valence-electron chi connectivity index (χ1n) is 4.27. The second-order valence-electron chi connectivity index (χ2n) is 3.10. The van der Waals surface area contributed by atoms with Crippen molar-refractivity contribution in [1.29, 1.82) is 0 Å². The molecule has 2 unspecified atom stereocenters. The lowest BCUT2D eigenvalue weighted by Crippen LogP contribution is -2.13. The number of benzene rings is 1. The highest BCUT2D eigenvalue weighted by molar-refractivity contribution is 7.80. The van der Waals surface area contributed by atoms with Gasteiger partial charge in [0.25, 0.3) is 6.40 Å². The van der Waals surface area contributed by atoms with E-state index in [9.17, 15) is 0 Å². The van der Waals surface area contributed by atoms with Crippen molar-refractivity contribution in [1.82, 2.24) is 0 Å². The van der Waals surface area contributed by atoms with Crippen molar-refractivity contribution in [3.8, 4) is 0 Å². The zero-order chi connectivity index (χ0) is 9.97. The summed E-state index contributed by atoms with van der Waals surface area (Å²) < 4.78 is 4.93. The van der Waals surface area contributed by atoms with Crippen LogP contribution >= 0.6 is 24.2 Å². The van der Waals surface area contributed by atoms with Gasteiger partial charge >= 0.3 is 0 Å². The third-order valence-electron chi connectivity index (χ3n) is 2.11. The van der Waals surface area contributed by atoms with Crippen LogP contribution in [0.1, 0.15) is 10.8 Å². The van der Waals surface area contributed by atoms with E-state index in [4.69, 9.17) is 16.3 Å². The Hall–Kier alpha value is -0.670. The molecule has 0 spiro atoms. The number of ether oxygens (including phenoxy) is 1. The van der Waals surface area contributed by atoms with Crippen molar-refractivity contribution in [2.24, 2.45) is 4.99 Å². The summed E-state index contributed by atoms with van der Waals surface area (Å²) in [6, 6.07) is 7.66. The molecular formula is C10H9ClNOS. The van der Waals surface area contributed by atoms with Crippen LogP contribution in [-0.4, -0.2) is 19.0 Å². The van der Waals surface area contributed by atoms with Gasteiger partial charge in [0.05, 0.1) is 5.25 Å². The van der Waals surface area contributed by atoms with Crippen LogP contribution in [-0.2, 0) is 4.74 Å². The first-order chi connectivity index (χ1) is 6.77. The van der Waals surface area contributed by atoms with E-state index in [1.807, 2.05) is 24.3 Å². The van der Waals surface area contributed by atoms with Crippen LogP contribution < -0.4 is 0 Å². The predicted octanol–water partition coefficient (Wildman–Crippen LogP) is 2.62. The molecule has 1 aromatic carbocycles. The summed E-state index contributed by atoms with van der Waals surface area (Å²) in [7, 11) is 0. The standard InChI is InChI=1S/C10H9ClNOS/c11-8-3-1-7(2-4-8)10(14)9-5-13-6-12-9/h1-4,9-10,14H,5H2. The summed E-state index contributed by atoms with van der Waals surface area (Å²) in [4.78, 5) is 4.05. The average molecular weight is 227 g/mol. The Kier molecular flexibility index (Phi) is 2.99. The molecule has 2 rings (SSSR count). The summed E-state index contributed by atoms with van der Waals surface area (Å²) >= 11 is 10.3. The molecule has 2 nitrogen and oxygen atoms in total. The molecule has 4 heteroatoms. The third kappa shape index (κ3) is 2.04. The minimum atomic E-state index is 0.0438. The van der Waals surface area contributed by atoms with Crippen LogP contribution in [0.2, 0.25) is 5.02 Å².